The van der Waals surface area contributed by atoms with Crippen LogP contribution >= 0.6 is 21.6 Å². The molecule has 0 amide bonds. The first-order valence-electron chi connectivity index (χ1n) is 6.38. The van der Waals surface area contributed by atoms with E-state index in [1.165, 1.54) is 45.0 Å². The molecule has 17 heavy (non-hydrogen) atoms. The molecule has 1 rings (SSSR count). The van der Waals surface area contributed by atoms with E-state index in [1.807, 2.05) is 10.8 Å². The fourth-order valence-electron chi connectivity index (χ4n) is 1.78. The van der Waals surface area contributed by atoms with Crippen LogP contribution in [0.3, 0.4) is 0 Å². The fraction of sp³-hybridized carbons (Fsp3) is 0.917. The number of carbonyl (C=O) groups is 1. The van der Waals surface area contributed by atoms with E-state index in [4.69, 9.17) is 0 Å². The topological polar surface area (TPSA) is 38.3 Å². The first kappa shape index (κ1) is 15.2. The van der Waals surface area contributed by atoms with E-state index in [0.29, 0.717) is 6.42 Å². The van der Waals surface area contributed by atoms with Gasteiger partial charge < -0.3 is 10.1 Å². The van der Waals surface area contributed by atoms with E-state index >= 15 is 0 Å². The van der Waals surface area contributed by atoms with E-state index in [0.717, 1.165) is 18.3 Å². The van der Waals surface area contributed by atoms with Crippen molar-refractivity contribution in [2.45, 2.75) is 43.8 Å². The predicted octanol–water partition coefficient (Wildman–Crippen LogP) is 2.85. The highest BCUT2D eigenvalue weighted by Crippen LogP contribution is 2.39. The van der Waals surface area contributed by atoms with Gasteiger partial charge >= 0.3 is 5.97 Å². The van der Waals surface area contributed by atoms with Crippen molar-refractivity contribution in [3.05, 3.63) is 0 Å². The average Bonchev–Trinajstić information content (AvgIpc) is 2.85. The lowest BCUT2D eigenvalue weighted by Crippen LogP contribution is -2.19. The third kappa shape index (κ3) is 7.95. The first-order chi connectivity index (χ1) is 8.33. The van der Waals surface area contributed by atoms with Crippen molar-refractivity contribution in [1.82, 2.24) is 5.32 Å². The van der Waals surface area contributed by atoms with Gasteiger partial charge in [0.25, 0.3) is 0 Å². The molecule has 0 saturated carbocycles. The van der Waals surface area contributed by atoms with Crippen LogP contribution < -0.4 is 5.32 Å². The Morgan fingerprint density at radius 2 is 2.24 bits per heavy atom. The number of hydrogen-bond donors (Lipinski definition) is 1. The van der Waals surface area contributed by atoms with Crippen LogP contribution in [0.1, 0.15) is 38.5 Å². The van der Waals surface area contributed by atoms with Crippen LogP contribution in [0.2, 0.25) is 0 Å². The quantitative estimate of drug-likeness (QED) is 0.398. The van der Waals surface area contributed by atoms with Gasteiger partial charge in [-0.3, -0.25) is 4.79 Å². The standard InChI is InChI=1S/C12H23NO2S2/c1-15-12(14)6-9-13-8-4-2-3-5-11-7-10-16-17-11/h11,13H,2-10H2,1H3. The molecule has 1 aliphatic heterocycles. The zero-order valence-electron chi connectivity index (χ0n) is 10.6. The zero-order valence-corrected chi connectivity index (χ0v) is 12.2. The number of hydrogen-bond acceptors (Lipinski definition) is 5. The van der Waals surface area contributed by atoms with Gasteiger partial charge in [-0.1, -0.05) is 34.4 Å². The molecule has 0 bridgehead atoms. The molecule has 0 spiro atoms. The molecular formula is C12H23NO2S2. The summed E-state index contributed by atoms with van der Waals surface area (Å²) in [5.74, 6) is 1.21. The van der Waals surface area contributed by atoms with Crippen molar-refractivity contribution in [2.24, 2.45) is 0 Å². The normalized spacial score (nSPS) is 19.5. The lowest BCUT2D eigenvalue weighted by Gasteiger charge is -2.07. The minimum Gasteiger partial charge on any atom is -0.469 e. The number of ether oxygens (including phenoxy) is 1. The number of unbranched alkanes of at least 4 members (excludes halogenated alkanes) is 2. The maximum absolute atomic E-state index is 10.8. The largest absolute Gasteiger partial charge is 0.469 e. The third-order valence-corrected chi connectivity index (χ3v) is 5.85. The summed E-state index contributed by atoms with van der Waals surface area (Å²) >= 11 is 0. The van der Waals surface area contributed by atoms with Gasteiger partial charge in [0.2, 0.25) is 0 Å². The van der Waals surface area contributed by atoms with Crippen LogP contribution in [0, 0.1) is 0 Å². The summed E-state index contributed by atoms with van der Waals surface area (Å²) < 4.78 is 4.57. The Labute approximate surface area is 112 Å². The fourth-order valence-corrected chi connectivity index (χ4v) is 4.81. The Morgan fingerprint density at radius 3 is 2.94 bits per heavy atom. The smallest absolute Gasteiger partial charge is 0.306 e. The summed E-state index contributed by atoms with van der Waals surface area (Å²) in [5, 5.41) is 4.18. The molecule has 1 aliphatic rings. The number of esters is 1. The monoisotopic (exact) mass is 277 g/mol. The first-order valence-corrected chi connectivity index (χ1v) is 8.77. The maximum atomic E-state index is 10.8. The molecule has 0 radical (unpaired) electrons. The van der Waals surface area contributed by atoms with E-state index in [1.54, 1.807) is 0 Å². The Balaban J connectivity index is 1.76. The van der Waals surface area contributed by atoms with Crippen LogP contribution in [0.5, 0.6) is 0 Å². The van der Waals surface area contributed by atoms with Gasteiger partial charge in [-0.05, 0) is 25.8 Å². The molecule has 1 saturated heterocycles. The molecule has 1 atom stereocenters. The molecule has 1 N–H and O–H groups in total. The van der Waals surface area contributed by atoms with Crippen LogP contribution in [0.15, 0.2) is 0 Å². The molecule has 0 aromatic rings. The Hall–Kier alpha value is 0.130. The second kappa shape index (κ2) is 10.1. The number of rotatable bonds is 9. The SMILES string of the molecule is COC(=O)CCNCCCCCC1CCSS1. The highest BCUT2D eigenvalue weighted by Gasteiger charge is 2.15. The summed E-state index contributed by atoms with van der Waals surface area (Å²) in [6.45, 7) is 1.76. The summed E-state index contributed by atoms with van der Waals surface area (Å²) in [6.07, 6.45) is 7.11. The lowest BCUT2D eigenvalue weighted by molar-refractivity contribution is -0.140. The summed E-state index contributed by atoms with van der Waals surface area (Å²) in [4.78, 5) is 10.8. The van der Waals surface area contributed by atoms with Crippen molar-refractivity contribution in [2.75, 3.05) is 26.0 Å². The van der Waals surface area contributed by atoms with E-state index in [-0.39, 0.29) is 5.97 Å². The van der Waals surface area contributed by atoms with Gasteiger partial charge in [-0.15, -0.1) is 0 Å². The summed E-state index contributed by atoms with van der Waals surface area (Å²) in [5.41, 5.74) is 0. The molecular weight excluding hydrogens is 254 g/mol. The van der Waals surface area contributed by atoms with Crippen molar-refractivity contribution in [3.8, 4) is 0 Å². The van der Waals surface area contributed by atoms with Gasteiger partial charge in [0, 0.05) is 17.5 Å². The second-order valence-electron chi connectivity index (χ2n) is 4.25. The zero-order chi connectivity index (χ0) is 12.3. The van der Waals surface area contributed by atoms with Gasteiger partial charge in [0.05, 0.1) is 13.5 Å². The highest BCUT2D eigenvalue weighted by molar-refractivity contribution is 8.77. The molecule has 0 aromatic heterocycles. The van der Waals surface area contributed by atoms with Crippen LogP contribution in [0.4, 0.5) is 0 Å². The summed E-state index contributed by atoms with van der Waals surface area (Å²) in [7, 11) is 5.52. The van der Waals surface area contributed by atoms with Gasteiger partial charge in [0.15, 0.2) is 0 Å². The van der Waals surface area contributed by atoms with Crippen molar-refractivity contribution in [3.63, 3.8) is 0 Å². The number of methoxy groups -OCH3 is 1. The second-order valence-corrected chi connectivity index (χ2v) is 7.04. The lowest BCUT2D eigenvalue weighted by atomic mass is 10.1. The molecule has 0 aliphatic carbocycles. The molecule has 1 unspecified atom stereocenters. The molecule has 1 heterocycles. The predicted molar refractivity (Wildman–Crippen MR) is 76.4 cm³/mol. The highest BCUT2D eigenvalue weighted by atomic mass is 33.1. The van der Waals surface area contributed by atoms with Crippen molar-refractivity contribution < 1.29 is 9.53 Å². The van der Waals surface area contributed by atoms with Crippen LogP contribution in [0.25, 0.3) is 0 Å². The van der Waals surface area contributed by atoms with Crippen LogP contribution in [-0.2, 0) is 9.53 Å². The Kier molecular flexibility index (Phi) is 9.01. The molecule has 100 valence electrons. The molecule has 3 nitrogen and oxygen atoms in total. The molecule has 5 heteroatoms. The van der Waals surface area contributed by atoms with E-state index in [9.17, 15) is 4.79 Å². The Morgan fingerprint density at radius 1 is 1.35 bits per heavy atom. The number of carbonyl (C=O) groups excluding carboxylic acids is 1. The van der Waals surface area contributed by atoms with E-state index < -0.39 is 0 Å². The van der Waals surface area contributed by atoms with Gasteiger partial charge in [-0.25, -0.2) is 0 Å². The van der Waals surface area contributed by atoms with Crippen molar-refractivity contribution >= 4 is 27.6 Å². The third-order valence-electron chi connectivity index (χ3n) is 2.84. The maximum Gasteiger partial charge on any atom is 0.306 e. The summed E-state index contributed by atoms with van der Waals surface area (Å²) in [6, 6.07) is 0. The van der Waals surface area contributed by atoms with Crippen molar-refractivity contribution in [1.29, 1.82) is 0 Å². The Bertz CT molecular complexity index is 209. The molecule has 1 fully saturated rings. The number of nitrogens with one attached hydrogen (secondary N) is 1. The van der Waals surface area contributed by atoms with Gasteiger partial charge in [-0.2, -0.15) is 0 Å². The van der Waals surface area contributed by atoms with Crippen LogP contribution in [-0.4, -0.2) is 37.2 Å². The van der Waals surface area contributed by atoms with E-state index in [2.05, 4.69) is 20.8 Å². The molecule has 0 aromatic carbocycles. The minimum atomic E-state index is -0.131. The average molecular weight is 277 g/mol. The minimum absolute atomic E-state index is 0.131. The van der Waals surface area contributed by atoms with Gasteiger partial charge in [0.1, 0.15) is 0 Å².